The highest BCUT2D eigenvalue weighted by molar-refractivity contribution is 5.81. The van der Waals surface area contributed by atoms with Crippen molar-refractivity contribution in [3.63, 3.8) is 0 Å². The van der Waals surface area contributed by atoms with Gasteiger partial charge in [-0.1, -0.05) is 13.0 Å². The smallest absolute Gasteiger partial charge is 0.124 e. The summed E-state index contributed by atoms with van der Waals surface area (Å²) < 4.78 is 13.1. The van der Waals surface area contributed by atoms with Gasteiger partial charge in [0.25, 0.3) is 0 Å². The molecule has 1 heterocycles. The molecule has 1 aromatic carbocycles. The Morgan fingerprint density at radius 1 is 1.38 bits per heavy atom. The zero-order valence-corrected chi connectivity index (χ0v) is 7.42. The number of halogens is 1. The van der Waals surface area contributed by atoms with Crippen LogP contribution in [0.2, 0.25) is 0 Å². The van der Waals surface area contributed by atoms with Crippen molar-refractivity contribution >= 4 is 10.9 Å². The third-order valence-corrected chi connectivity index (χ3v) is 2.13. The van der Waals surface area contributed by atoms with Crippen LogP contribution >= 0.6 is 0 Å². The Balaban J connectivity index is 2.81. The molecule has 66 valence electrons. The quantitative estimate of drug-likeness (QED) is 0.649. The van der Waals surface area contributed by atoms with Gasteiger partial charge < -0.3 is 0 Å². The van der Waals surface area contributed by atoms with Crippen molar-refractivity contribution in [1.29, 1.82) is 0 Å². The Bertz CT molecular complexity index is 437. The van der Waals surface area contributed by atoms with E-state index >= 15 is 0 Å². The van der Waals surface area contributed by atoms with Crippen molar-refractivity contribution in [3.8, 4) is 0 Å². The molecule has 0 unspecified atom stereocenters. The SMILES string of the molecule is CCc1cc(F)cc2cccnc12. The number of rotatable bonds is 1. The van der Waals surface area contributed by atoms with Crippen LogP contribution in [0.3, 0.4) is 0 Å². The van der Waals surface area contributed by atoms with E-state index in [1.165, 1.54) is 6.07 Å². The molecule has 0 atom stereocenters. The van der Waals surface area contributed by atoms with Gasteiger partial charge in [-0.25, -0.2) is 4.39 Å². The highest BCUT2D eigenvalue weighted by Gasteiger charge is 2.02. The van der Waals surface area contributed by atoms with Gasteiger partial charge in [0, 0.05) is 11.6 Å². The lowest BCUT2D eigenvalue weighted by Gasteiger charge is -2.02. The Morgan fingerprint density at radius 3 is 3.00 bits per heavy atom. The highest BCUT2D eigenvalue weighted by atomic mass is 19.1. The van der Waals surface area contributed by atoms with Crippen LogP contribution in [-0.2, 0) is 6.42 Å². The number of hydrogen-bond acceptors (Lipinski definition) is 1. The number of fused-ring (bicyclic) bond motifs is 1. The first kappa shape index (κ1) is 8.17. The summed E-state index contributed by atoms with van der Waals surface area (Å²) in [5.74, 6) is -0.183. The molecular weight excluding hydrogens is 165 g/mol. The number of benzene rings is 1. The molecular formula is C11H10FN. The molecule has 13 heavy (non-hydrogen) atoms. The first-order chi connectivity index (χ1) is 6.31. The van der Waals surface area contributed by atoms with E-state index in [-0.39, 0.29) is 5.82 Å². The van der Waals surface area contributed by atoms with Crippen LogP contribution in [0.25, 0.3) is 10.9 Å². The van der Waals surface area contributed by atoms with E-state index < -0.39 is 0 Å². The van der Waals surface area contributed by atoms with Gasteiger partial charge in [-0.15, -0.1) is 0 Å². The van der Waals surface area contributed by atoms with Crippen LogP contribution in [-0.4, -0.2) is 4.98 Å². The van der Waals surface area contributed by atoms with Crippen molar-refractivity contribution < 1.29 is 4.39 Å². The van der Waals surface area contributed by atoms with Gasteiger partial charge in [0.05, 0.1) is 5.52 Å². The highest BCUT2D eigenvalue weighted by Crippen LogP contribution is 2.18. The van der Waals surface area contributed by atoms with Crippen LogP contribution in [0.1, 0.15) is 12.5 Å². The minimum Gasteiger partial charge on any atom is -0.256 e. The molecule has 0 N–H and O–H groups in total. The second-order valence-electron chi connectivity index (χ2n) is 2.99. The van der Waals surface area contributed by atoms with Crippen LogP contribution in [0.15, 0.2) is 30.5 Å². The zero-order chi connectivity index (χ0) is 9.26. The Labute approximate surface area is 76.2 Å². The van der Waals surface area contributed by atoms with E-state index in [2.05, 4.69) is 4.98 Å². The lowest BCUT2D eigenvalue weighted by molar-refractivity contribution is 0.627. The first-order valence-electron chi connectivity index (χ1n) is 4.34. The molecule has 2 aromatic rings. The van der Waals surface area contributed by atoms with Gasteiger partial charge >= 0.3 is 0 Å². The normalized spacial score (nSPS) is 10.6. The molecule has 0 aliphatic heterocycles. The van der Waals surface area contributed by atoms with E-state index in [0.29, 0.717) is 0 Å². The van der Waals surface area contributed by atoms with Crippen molar-refractivity contribution in [1.82, 2.24) is 4.98 Å². The molecule has 2 rings (SSSR count). The third kappa shape index (κ3) is 1.39. The van der Waals surface area contributed by atoms with E-state index in [1.54, 1.807) is 12.3 Å². The molecule has 1 nitrogen and oxygen atoms in total. The van der Waals surface area contributed by atoms with Crippen molar-refractivity contribution in [2.45, 2.75) is 13.3 Å². The summed E-state index contributed by atoms with van der Waals surface area (Å²) >= 11 is 0. The number of hydrogen-bond donors (Lipinski definition) is 0. The number of aromatic nitrogens is 1. The van der Waals surface area contributed by atoms with Gasteiger partial charge in [-0.3, -0.25) is 4.98 Å². The predicted octanol–water partition coefficient (Wildman–Crippen LogP) is 2.94. The minimum absolute atomic E-state index is 0.183. The van der Waals surface area contributed by atoms with Crippen LogP contribution in [0.4, 0.5) is 4.39 Å². The molecule has 0 amide bonds. The monoisotopic (exact) mass is 175 g/mol. The maximum atomic E-state index is 13.1. The molecule has 0 radical (unpaired) electrons. The second kappa shape index (κ2) is 3.13. The fourth-order valence-corrected chi connectivity index (χ4v) is 1.50. The summed E-state index contributed by atoms with van der Waals surface area (Å²) in [4.78, 5) is 4.23. The summed E-state index contributed by atoms with van der Waals surface area (Å²) in [5, 5.41) is 0.874. The number of aryl methyl sites for hydroxylation is 1. The second-order valence-corrected chi connectivity index (χ2v) is 2.99. The van der Waals surface area contributed by atoms with Crippen molar-refractivity contribution in [2.24, 2.45) is 0 Å². The van der Waals surface area contributed by atoms with Crippen molar-refractivity contribution in [3.05, 3.63) is 41.8 Å². The Morgan fingerprint density at radius 2 is 2.23 bits per heavy atom. The molecule has 0 fully saturated rings. The maximum Gasteiger partial charge on any atom is 0.124 e. The Kier molecular flexibility index (Phi) is 1.97. The summed E-state index contributed by atoms with van der Waals surface area (Å²) in [7, 11) is 0. The average molecular weight is 175 g/mol. The maximum absolute atomic E-state index is 13.1. The summed E-state index contributed by atoms with van der Waals surface area (Å²) in [6.07, 6.45) is 2.55. The van der Waals surface area contributed by atoms with E-state index in [4.69, 9.17) is 0 Å². The summed E-state index contributed by atoms with van der Waals surface area (Å²) in [5.41, 5.74) is 1.88. The largest absolute Gasteiger partial charge is 0.256 e. The molecule has 1 aromatic heterocycles. The lowest BCUT2D eigenvalue weighted by atomic mass is 10.1. The first-order valence-corrected chi connectivity index (χ1v) is 4.34. The predicted molar refractivity (Wildman–Crippen MR) is 51.1 cm³/mol. The van der Waals surface area contributed by atoms with Gasteiger partial charge in [0.15, 0.2) is 0 Å². The topological polar surface area (TPSA) is 12.9 Å². The molecule has 2 heteroatoms. The molecule has 0 bridgehead atoms. The third-order valence-electron chi connectivity index (χ3n) is 2.13. The molecule has 0 aliphatic carbocycles. The van der Waals surface area contributed by atoms with Crippen LogP contribution < -0.4 is 0 Å². The van der Waals surface area contributed by atoms with E-state index in [9.17, 15) is 4.39 Å². The molecule has 0 saturated carbocycles. The van der Waals surface area contributed by atoms with Crippen LogP contribution in [0, 0.1) is 5.82 Å². The average Bonchev–Trinajstić information content (AvgIpc) is 2.16. The minimum atomic E-state index is -0.183. The zero-order valence-electron chi connectivity index (χ0n) is 7.42. The van der Waals surface area contributed by atoms with Gasteiger partial charge in [-0.2, -0.15) is 0 Å². The van der Waals surface area contributed by atoms with Crippen LogP contribution in [0.5, 0.6) is 0 Å². The van der Waals surface area contributed by atoms with Gasteiger partial charge in [-0.05, 0) is 30.2 Å². The summed E-state index contributed by atoms with van der Waals surface area (Å²) in [6.45, 7) is 2.00. The van der Waals surface area contributed by atoms with E-state index in [0.717, 1.165) is 22.9 Å². The van der Waals surface area contributed by atoms with Crippen molar-refractivity contribution in [2.75, 3.05) is 0 Å². The standard InChI is InChI=1S/C11H10FN/c1-2-8-6-10(12)7-9-4-3-5-13-11(8)9/h3-7H,2H2,1H3. The Hall–Kier alpha value is -1.44. The number of pyridine rings is 1. The fraction of sp³-hybridized carbons (Fsp3) is 0.182. The van der Waals surface area contributed by atoms with Gasteiger partial charge in [0.2, 0.25) is 0 Å². The van der Waals surface area contributed by atoms with Gasteiger partial charge in [0.1, 0.15) is 5.82 Å². The molecule has 0 saturated heterocycles. The van der Waals surface area contributed by atoms with E-state index in [1.807, 2.05) is 19.1 Å². The molecule has 0 spiro atoms. The lowest BCUT2D eigenvalue weighted by Crippen LogP contribution is -1.88. The summed E-state index contributed by atoms with van der Waals surface area (Å²) in [6, 6.07) is 6.77. The number of nitrogens with zero attached hydrogens (tertiary/aromatic N) is 1. The fourth-order valence-electron chi connectivity index (χ4n) is 1.50. The molecule has 0 aliphatic rings.